The lowest BCUT2D eigenvalue weighted by atomic mass is 10.3. The maximum atomic E-state index is 11.3. The van der Waals surface area contributed by atoms with E-state index in [0.29, 0.717) is 12.2 Å². The number of rotatable bonds is 3. The van der Waals surface area contributed by atoms with Gasteiger partial charge in [0, 0.05) is 23.4 Å². The van der Waals surface area contributed by atoms with Crippen molar-refractivity contribution in [1.29, 1.82) is 0 Å². The summed E-state index contributed by atoms with van der Waals surface area (Å²) in [5, 5.41) is 7.74. The molecule has 0 aliphatic carbocycles. The van der Waals surface area contributed by atoms with Crippen molar-refractivity contribution in [2.45, 2.75) is 27.3 Å². The summed E-state index contributed by atoms with van der Waals surface area (Å²) in [6.07, 6.45) is 1.40. The molecular weight excluding hydrogens is 268 g/mol. The fourth-order valence-corrected chi connectivity index (χ4v) is 2.16. The zero-order valence-electron chi connectivity index (χ0n) is 12.1. The third-order valence-electron chi connectivity index (χ3n) is 3.37. The first-order valence-electron chi connectivity index (χ1n) is 6.65. The average Bonchev–Trinajstić information content (AvgIpc) is 2.73. The highest BCUT2D eigenvalue weighted by molar-refractivity contribution is 5.55. The minimum Gasteiger partial charge on any atom is -0.364 e. The quantitative estimate of drug-likeness (QED) is 0.758. The molecule has 7 heteroatoms. The molecule has 2 N–H and O–H groups in total. The van der Waals surface area contributed by atoms with Gasteiger partial charge in [-0.2, -0.15) is 9.61 Å². The van der Waals surface area contributed by atoms with E-state index in [1.807, 2.05) is 26.8 Å². The van der Waals surface area contributed by atoms with Crippen LogP contribution in [0.4, 0.5) is 5.82 Å². The lowest BCUT2D eigenvalue weighted by molar-refractivity contribution is 0.890. The van der Waals surface area contributed by atoms with Gasteiger partial charge in [0.15, 0.2) is 5.65 Å². The number of anilines is 1. The Morgan fingerprint density at radius 1 is 1.29 bits per heavy atom. The van der Waals surface area contributed by atoms with Gasteiger partial charge >= 0.3 is 0 Å². The first kappa shape index (κ1) is 13.3. The van der Waals surface area contributed by atoms with E-state index in [0.717, 1.165) is 28.4 Å². The molecule has 0 saturated heterocycles. The number of nitrogens with one attached hydrogen (secondary N) is 2. The van der Waals surface area contributed by atoms with E-state index in [-0.39, 0.29) is 5.56 Å². The highest BCUT2D eigenvalue weighted by Crippen LogP contribution is 2.18. The first-order chi connectivity index (χ1) is 10.0. The summed E-state index contributed by atoms with van der Waals surface area (Å²) in [5.74, 6) is 0.829. The lowest BCUT2D eigenvalue weighted by Gasteiger charge is -2.08. The van der Waals surface area contributed by atoms with Gasteiger partial charge in [-0.1, -0.05) is 0 Å². The van der Waals surface area contributed by atoms with E-state index in [1.165, 1.54) is 12.4 Å². The Labute approximate surface area is 121 Å². The summed E-state index contributed by atoms with van der Waals surface area (Å²) in [4.78, 5) is 22.4. The molecule has 0 spiro atoms. The molecule has 0 aliphatic heterocycles. The van der Waals surface area contributed by atoms with Crippen LogP contribution in [0.3, 0.4) is 0 Å². The Morgan fingerprint density at radius 2 is 2.10 bits per heavy atom. The Hall–Kier alpha value is -2.70. The highest BCUT2D eigenvalue weighted by Gasteiger charge is 2.10. The molecule has 0 unspecified atom stereocenters. The van der Waals surface area contributed by atoms with Gasteiger partial charge in [-0.25, -0.2) is 9.97 Å². The van der Waals surface area contributed by atoms with Crippen LogP contribution in [0, 0.1) is 20.8 Å². The van der Waals surface area contributed by atoms with Crippen molar-refractivity contribution in [2.24, 2.45) is 0 Å². The second kappa shape index (κ2) is 5.01. The van der Waals surface area contributed by atoms with Crippen LogP contribution in [-0.4, -0.2) is 24.6 Å². The minimum absolute atomic E-state index is 0.163. The molecule has 0 radical (unpaired) electrons. The number of aryl methyl sites for hydroxylation is 3. The van der Waals surface area contributed by atoms with E-state index < -0.39 is 0 Å². The summed E-state index contributed by atoms with van der Waals surface area (Å²) in [7, 11) is 0. The van der Waals surface area contributed by atoms with Gasteiger partial charge in [-0.15, -0.1) is 0 Å². The molecule has 3 aromatic heterocycles. The van der Waals surface area contributed by atoms with Gasteiger partial charge in [-0.3, -0.25) is 4.79 Å². The third-order valence-corrected chi connectivity index (χ3v) is 3.37. The average molecular weight is 284 g/mol. The number of hydrogen-bond donors (Lipinski definition) is 2. The number of aromatic amines is 1. The monoisotopic (exact) mass is 284 g/mol. The van der Waals surface area contributed by atoms with Gasteiger partial charge in [-0.05, 0) is 20.8 Å². The maximum Gasteiger partial charge on any atom is 0.250 e. The van der Waals surface area contributed by atoms with E-state index in [1.54, 1.807) is 4.52 Å². The fraction of sp³-hybridized carbons (Fsp3) is 0.286. The van der Waals surface area contributed by atoms with Crippen molar-refractivity contribution >= 4 is 11.5 Å². The van der Waals surface area contributed by atoms with Gasteiger partial charge in [0.2, 0.25) is 0 Å². The zero-order chi connectivity index (χ0) is 15.0. The van der Waals surface area contributed by atoms with Crippen molar-refractivity contribution in [3.05, 3.63) is 51.5 Å². The molecule has 7 nitrogen and oxygen atoms in total. The second-order valence-electron chi connectivity index (χ2n) is 4.98. The smallest absolute Gasteiger partial charge is 0.250 e. The van der Waals surface area contributed by atoms with Gasteiger partial charge < -0.3 is 10.3 Å². The Balaban J connectivity index is 1.97. The normalized spacial score (nSPS) is 11.0. The second-order valence-corrected chi connectivity index (χ2v) is 4.98. The predicted octanol–water partition coefficient (Wildman–Crippen LogP) is 1.35. The molecule has 0 aromatic carbocycles. The van der Waals surface area contributed by atoms with Crippen LogP contribution in [0.25, 0.3) is 5.65 Å². The molecule has 3 heterocycles. The molecule has 0 fully saturated rings. The Bertz CT molecular complexity index is 864. The van der Waals surface area contributed by atoms with Crippen LogP contribution >= 0.6 is 0 Å². The molecule has 0 amide bonds. The first-order valence-corrected chi connectivity index (χ1v) is 6.65. The zero-order valence-corrected chi connectivity index (χ0v) is 12.1. The molecule has 3 aromatic rings. The summed E-state index contributed by atoms with van der Waals surface area (Å²) >= 11 is 0. The van der Waals surface area contributed by atoms with Crippen LogP contribution in [0.5, 0.6) is 0 Å². The largest absolute Gasteiger partial charge is 0.364 e. The van der Waals surface area contributed by atoms with Crippen LogP contribution in [0.2, 0.25) is 0 Å². The third kappa shape index (κ3) is 2.49. The molecule has 108 valence electrons. The Morgan fingerprint density at radius 3 is 2.86 bits per heavy atom. The lowest BCUT2D eigenvalue weighted by Crippen LogP contribution is -2.12. The van der Waals surface area contributed by atoms with Crippen molar-refractivity contribution in [3.8, 4) is 0 Å². The molecular formula is C14H16N6O. The van der Waals surface area contributed by atoms with E-state index in [2.05, 4.69) is 25.4 Å². The van der Waals surface area contributed by atoms with Crippen molar-refractivity contribution in [1.82, 2.24) is 24.6 Å². The fourth-order valence-electron chi connectivity index (χ4n) is 2.16. The van der Waals surface area contributed by atoms with Gasteiger partial charge in [0.05, 0.1) is 24.3 Å². The number of aromatic nitrogens is 5. The molecule has 0 bridgehead atoms. The molecule has 0 saturated carbocycles. The van der Waals surface area contributed by atoms with Crippen LogP contribution in [0.15, 0.2) is 23.3 Å². The van der Waals surface area contributed by atoms with Crippen LogP contribution in [0.1, 0.15) is 22.6 Å². The summed E-state index contributed by atoms with van der Waals surface area (Å²) in [5.41, 5.74) is 4.27. The Kier molecular flexibility index (Phi) is 3.17. The molecule has 0 aliphatic rings. The predicted molar refractivity (Wildman–Crippen MR) is 79.4 cm³/mol. The minimum atomic E-state index is -0.163. The highest BCUT2D eigenvalue weighted by atomic mass is 16.1. The van der Waals surface area contributed by atoms with E-state index in [9.17, 15) is 4.79 Å². The SMILES string of the molecule is Cc1cc(NCc2cc(=O)[nH]cn2)n2nc(C)c(C)c2n1. The van der Waals surface area contributed by atoms with Crippen molar-refractivity contribution in [3.63, 3.8) is 0 Å². The summed E-state index contributed by atoms with van der Waals surface area (Å²) < 4.78 is 1.78. The maximum absolute atomic E-state index is 11.3. The van der Waals surface area contributed by atoms with Gasteiger partial charge in [0.1, 0.15) is 5.82 Å². The molecule has 3 rings (SSSR count). The van der Waals surface area contributed by atoms with E-state index >= 15 is 0 Å². The number of nitrogens with zero attached hydrogens (tertiary/aromatic N) is 4. The van der Waals surface area contributed by atoms with E-state index in [4.69, 9.17) is 0 Å². The topological polar surface area (TPSA) is 88.0 Å². The number of H-pyrrole nitrogens is 1. The van der Waals surface area contributed by atoms with Crippen molar-refractivity contribution in [2.75, 3.05) is 5.32 Å². The number of hydrogen-bond acceptors (Lipinski definition) is 5. The number of fused-ring (bicyclic) bond motifs is 1. The summed E-state index contributed by atoms with van der Waals surface area (Å²) in [6.45, 7) is 6.35. The molecule has 21 heavy (non-hydrogen) atoms. The summed E-state index contributed by atoms with van der Waals surface area (Å²) in [6, 6.07) is 3.39. The molecule has 0 atom stereocenters. The standard InChI is InChI=1S/C14H16N6O/c1-8-4-12(15-6-11-5-13(21)17-7-16-11)20-14(18-8)9(2)10(3)19-20/h4-5,7,15H,6H2,1-3H3,(H,16,17,21). The van der Waals surface area contributed by atoms with Crippen molar-refractivity contribution < 1.29 is 0 Å². The van der Waals surface area contributed by atoms with Crippen LogP contribution in [-0.2, 0) is 6.54 Å². The van der Waals surface area contributed by atoms with Crippen LogP contribution < -0.4 is 10.9 Å². The van der Waals surface area contributed by atoms with Gasteiger partial charge in [0.25, 0.3) is 5.56 Å².